The van der Waals surface area contributed by atoms with Crippen molar-refractivity contribution >= 4 is 5.97 Å². The highest BCUT2D eigenvalue weighted by atomic mass is 19.1. The lowest BCUT2D eigenvalue weighted by Crippen LogP contribution is -2.70. The minimum Gasteiger partial charge on any atom is -0.477 e. The van der Waals surface area contributed by atoms with Gasteiger partial charge in [0.15, 0.2) is 6.30 Å². The molecule has 1 aliphatic heterocycles. The van der Waals surface area contributed by atoms with E-state index in [4.69, 9.17) is 9.84 Å². The summed E-state index contributed by atoms with van der Waals surface area (Å²) in [5, 5.41) is 60.8. The number of nitrogens with zero attached hydrogens (tertiary/aromatic N) is 2. The normalized spacial score (nSPS) is 29.4. The van der Waals surface area contributed by atoms with Crippen LogP contribution >= 0.6 is 0 Å². The fraction of sp³-hybridized carbons (Fsp3) is 0.706. The number of hydrogen-bond acceptors (Lipinski definition) is 10. The van der Waals surface area contributed by atoms with Crippen molar-refractivity contribution in [1.29, 1.82) is 0 Å². The Morgan fingerprint density at radius 1 is 1.35 bits per heavy atom. The molecule has 1 aromatic heterocycles. The Morgan fingerprint density at radius 2 is 2.00 bits per heavy atom. The van der Waals surface area contributed by atoms with Crippen molar-refractivity contribution in [3.63, 3.8) is 0 Å². The molecule has 0 radical (unpaired) electrons. The van der Waals surface area contributed by atoms with Crippen molar-refractivity contribution < 1.29 is 44.7 Å². The number of aromatic amines is 1. The first-order valence-corrected chi connectivity index (χ1v) is 9.59. The van der Waals surface area contributed by atoms with Gasteiger partial charge in [-0.05, 0) is 12.8 Å². The standard InChI is InChI=1S/C17H26FN3O10/c1-2-3-4-5-6-11(18)21(30)16(28)12(23)10(8-22)31-17(16,29)20-7-9(14(25)26)13(24)19-15(20)27/h7,10-12,22-23,28-30H,2-6,8H2,1H3,(H,25,26)(H,19,24,27)/t10-,11?,12-,16-,17-/m1/s1. The predicted octanol–water partition coefficient (Wildman–Crippen LogP) is -1.76. The average molecular weight is 451 g/mol. The third-order valence-corrected chi connectivity index (χ3v) is 5.15. The number of H-pyrrole nitrogens is 1. The van der Waals surface area contributed by atoms with E-state index in [1.54, 1.807) is 4.98 Å². The van der Waals surface area contributed by atoms with Crippen LogP contribution in [0.1, 0.15) is 49.4 Å². The number of hydrogen-bond donors (Lipinski definition) is 7. The van der Waals surface area contributed by atoms with Crippen LogP contribution in [0.15, 0.2) is 15.8 Å². The molecule has 0 spiro atoms. The molecule has 31 heavy (non-hydrogen) atoms. The van der Waals surface area contributed by atoms with Gasteiger partial charge in [0.25, 0.3) is 5.56 Å². The number of nitrogens with one attached hydrogen (secondary N) is 1. The lowest BCUT2D eigenvalue weighted by atomic mass is 10.00. The van der Waals surface area contributed by atoms with Crippen molar-refractivity contribution in [3.05, 3.63) is 32.6 Å². The van der Waals surface area contributed by atoms with Crippen molar-refractivity contribution in [3.8, 4) is 0 Å². The summed E-state index contributed by atoms with van der Waals surface area (Å²) in [5.74, 6) is -5.33. The zero-order valence-corrected chi connectivity index (χ0v) is 16.6. The fourth-order valence-corrected chi connectivity index (χ4v) is 3.39. The Labute approximate surface area is 174 Å². The monoisotopic (exact) mass is 451 g/mol. The number of halogens is 1. The fourth-order valence-electron chi connectivity index (χ4n) is 3.39. The molecule has 2 rings (SSSR count). The number of ether oxygens (including phenoxy) is 1. The topological polar surface area (TPSA) is 206 Å². The van der Waals surface area contributed by atoms with Crippen LogP contribution in [0.25, 0.3) is 0 Å². The number of aromatic nitrogens is 2. The van der Waals surface area contributed by atoms with E-state index in [1.165, 1.54) is 0 Å². The number of unbranched alkanes of at least 4 members (excludes halogenated alkanes) is 3. The number of carboxylic acid groups (broad SMARTS) is 1. The number of aromatic carboxylic acids is 1. The van der Waals surface area contributed by atoms with Crippen LogP contribution in [0.3, 0.4) is 0 Å². The predicted molar refractivity (Wildman–Crippen MR) is 98.7 cm³/mol. The molecule has 14 heteroatoms. The molecule has 0 saturated carbocycles. The minimum absolute atomic E-state index is 0.0241. The van der Waals surface area contributed by atoms with E-state index in [9.17, 15) is 44.4 Å². The Kier molecular flexibility index (Phi) is 7.70. The maximum atomic E-state index is 14.7. The first-order valence-electron chi connectivity index (χ1n) is 9.59. The van der Waals surface area contributed by atoms with Crippen LogP contribution in [0, 0.1) is 0 Å². The maximum Gasteiger partial charge on any atom is 0.342 e. The lowest BCUT2D eigenvalue weighted by molar-refractivity contribution is -0.428. The van der Waals surface area contributed by atoms with E-state index in [0.717, 1.165) is 12.8 Å². The average Bonchev–Trinajstić information content (AvgIpc) is 2.92. The van der Waals surface area contributed by atoms with Gasteiger partial charge in [-0.25, -0.2) is 18.5 Å². The lowest BCUT2D eigenvalue weighted by Gasteiger charge is -2.43. The first-order chi connectivity index (χ1) is 14.4. The molecule has 0 amide bonds. The largest absolute Gasteiger partial charge is 0.477 e. The van der Waals surface area contributed by atoms with E-state index in [0.29, 0.717) is 12.6 Å². The smallest absolute Gasteiger partial charge is 0.342 e. The highest BCUT2D eigenvalue weighted by Gasteiger charge is 2.71. The highest BCUT2D eigenvalue weighted by Crippen LogP contribution is 2.44. The van der Waals surface area contributed by atoms with E-state index in [1.807, 2.05) is 6.92 Å². The summed E-state index contributed by atoms with van der Waals surface area (Å²) in [4.78, 5) is 36.7. The van der Waals surface area contributed by atoms with E-state index < -0.39 is 64.6 Å². The van der Waals surface area contributed by atoms with Crippen LogP contribution in [-0.2, 0) is 10.6 Å². The molecule has 0 aromatic carbocycles. The Balaban J connectivity index is 2.56. The summed E-state index contributed by atoms with van der Waals surface area (Å²) in [7, 11) is 0. The maximum absolute atomic E-state index is 14.7. The SMILES string of the molecule is CCCCCCC(F)N(O)[C@@]1(O)[C@H](O)[C@@H](CO)O[C@@]1(O)n1cc(C(=O)O)c(=O)[nH]c1=O. The molecule has 1 saturated heterocycles. The Hall–Kier alpha value is -2.20. The molecule has 1 aromatic rings. The summed E-state index contributed by atoms with van der Waals surface area (Å²) in [6.07, 6.45) is -4.13. The van der Waals surface area contributed by atoms with Gasteiger partial charge >= 0.3 is 17.6 Å². The number of alkyl halides is 1. The molecule has 7 N–H and O–H groups in total. The van der Waals surface area contributed by atoms with Crippen molar-refractivity contribution in [2.24, 2.45) is 0 Å². The minimum atomic E-state index is -3.51. The van der Waals surface area contributed by atoms with E-state index >= 15 is 0 Å². The highest BCUT2D eigenvalue weighted by molar-refractivity contribution is 5.86. The zero-order valence-electron chi connectivity index (χ0n) is 16.6. The van der Waals surface area contributed by atoms with Gasteiger partial charge in [0, 0.05) is 6.20 Å². The number of carbonyl (C=O) groups is 1. The number of rotatable bonds is 10. The molecule has 1 unspecified atom stereocenters. The first kappa shape index (κ1) is 25.1. The Morgan fingerprint density at radius 3 is 2.55 bits per heavy atom. The van der Waals surface area contributed by atoms with Crippen molar-refractivity contribution in [1.82, 2.24) is 14.6 Å². The van der Waals surface area contributed by atoms with Crippen LogP contribution in [0.4, 0.5) is 4.39 Å². The molecule has 1 fully saturated rings. The summed E-state index contributed by atoms with van der Waals surface area (Å²) in [6, 6.07) is 0. The number of aliphatic hydroxyl groups excluding tert-OH is 2. The summed E-state index contributed by atoms with van der Waals surface area (Å²) < 4.78 is 19.6. The van der Waals surface area contributed by atoms with Gasteiger partial charge < -0.3 is 35.5 Å². The number of carboxylic acids is 1. The van der Waals surface area contributed by atoms with Crippen molar-refractivity contribution in [2.75, 3.05) is 6.61 Å². The second-order valence-electron chi connectivity index (χ2n) is 7.22. The zero-order chi connectivity index (χ0) is 23.6. The second-order valence-corrected chi connectivity index (χ2v) is 7.22. The van der Waals surface area contributed by atoms with E-state index in [-0.39, 0.29) is 17.4 Å². The van der Waals surface area contributed by atoms with Crippen LogP contribution in [0.5, 0.6) is 0 Å². The van der Waals surface area contributed by atoms with Gasteiger partial charge in [0.05, 0.1) is 6.61 Å². The molecule has 176 valence electrons. The Bertz CT molecular complexity index is 907. The number of aliphatic hydroxyl groups is 4. The number of hydroxylamine groups is 2. The third kappa shape index (κ3) is 4.27. The third-order valence-electron chi connectivity index (χ3n) is 5.15. The molecular weight excluding hydrogens is 425 g/mol. The van der Waals surface area contributed by atoms with Gasteiger partial charge in [0.2, 0.25) is 5.72 Å². The molecule has 5 atom stereocenters. The summed E-state index contributed by atoms with van der Waals surface area (Å²) in [6.45, 7) is 0.875. The molecular formula is C17H26FN3O10. The van der Waals surface area contributed by atoms with Gasteiger partial charge in [-0.3, -0.25) is 9.78 Å². The molecule has 2 heterocycles. The molecule has 0 aliphatic carbocycles. The quantitative estimate of drug-likeness (QED) is 0.0917. The van der Waals surface area contributed by atoms with Gasteiger partial charge in [-0.2, -0.15) is 0 Å². The summed E-state index contributed by atoms with van der Waals surface area (Å²) >= 11 is 0. The van der Waals surface area contributed by atoms with Gasteiger partial charge in [-0.1, -0.05) is 26.2 Å². The van der Waals surface area contributed by atoms with Crippen LogP contribution in [-0.4, -0.2) is 82.2 Å². The van der Waals surface area contributed by atoms with E-state index in [2.05, 4.69) is 0 Å². The molecule has 0 bridgehead atoms. The second kappa shape index (κ2) is 9.52. The van der Waals surface area contributed by atoms with Gasteiger partial charge in [0.1, 0.15) is 17.8 Å². The summed E-state index contributed by atoms with van der Waals surface area (Å²) in [5.41, 5.74) is -7.41. The van der Waals surface area contributed by atoms with Gasteiger partial charge in [-0.15, -0.1) is 5.06 Å². The molecule has 1 aliphatic rings. The van der Waals surface area contributed by atoms with Crippen molar-refractivity contribution in [2.45, 2.75) is 69.2 Å². The molecule has 13 nitrogen and oxygen atoms in total. The van der Waals surface area contributed by atoms with Crippen LogP contribution in [0.2, 0.25) is 0 Å². The van der Waals surface area contributed by atoms with Crippen LogP contribution < -0.4 is 11.2 Å².